The van der Waals surface area contributed by atoms with E-state index in [2.05, 4.69) is 15.5 Å². The number of nitrogens with zero attached hydrogens (tertiary/aromatic N) is 2. The summed E-state index contributed by atoms with van der Waals surface area (Å²) in [6.45, 7) is 2.22. The molecule has 0 saturated heterocycles. The van der Waals surface area contributed by atoms with Crippen molar-refractivity contribution in [2.75, 3.05) is 12.3 Å². The maximum absolute atomic E-state index is 12.2. The summed E-state index contributed by atoms with van der Waals surface area (Å²) < 4.78 is 5.35. The standard InChI is InChI=1S/C16H20N4O3S/c1-9-8-11(10-4-2-5-10)23-15(22)13(9)14(21)18-7-3-6-12-19-20-16(17)24-12/h8,10H,2-7H2,1H3,(H2,17,20)(H,18,21). The van der Waals surface area contributed by atoms with Crippen molar-refractivity contribution in [3.8, 4) is 0 Å². The van der Waals surface area contributed by atoms with Crippen LogP contribution in [0.3, 0.4) is 0 Å². The van der Waals surface area contributed by atoms with Crippen LogP contribution in [0.4, 0.5) is 5.13 Å². The number of nitrogens with one attached hydrogen (secondary N) is 1. The van der Waals surface area contributed by atoms with E-state index in [-0.39, 0.29) is 5.56 Å². The summed E-state index contributed by atoms with van der Waals surface area (Å²) in [7, 11) is 0. The highest BCUT2D eigenvalue weighted by atomic mass is 32.1. The fourth-order valence-electron chi connectivity index (χ4n) is 2.70. The zero-order valence-corrected chi connectivity index (χ0v) is 14.3. The molecular formula is C16H20N4O3S. The Morgan fingerprint density at radius 2 is 2.25 bits per heavy atom. The van der Waals surface area contributed by atoms with Gasteiger partial charge < -0.3 is 15.5 Å². The maximum Gasteiger partial charge on any atom is 0.349 e. The second kappa shape index (κ2) is 7.12. The van der Waals surface area contributed by atoms with Crippen molar-refractivity contribution < 1.29 is 9.21 Å². The number of nitrogens with two attached hydrogens (primary N) is 1. The fourth-order valence-corrected chi connectivity index (χ4v) is 3.35. The number of nitrogen functional groups attached to an aromatic ring is 1. The smallest absolute Gasteiger partial charge is 0.349 e. The minimum atomic E-state index is -0.550. The Bertz CT molecular complexity index is 795. The predicted octanol–water partition coefficient (Wildman–Crippen LogP) is 2.01. The molecule has 8 heteroatoms. The minimum Gasteiger partial charge on any atom is -0.427 e. The SMILES string of the molecule is Cc1cc(C2CCC2)oc(=O)c1C(=O)NCCCc1nnc(N)s1. The molecule has 1 saturated carbocycles. The first-order valence-electron chi connectivity index (χ1n) is 8.05. The lowest BCUT2D eigenvalue weighted by molar-refractivity contribution is 0.0947. The summed E-state index contributed by atoms with van der Waals surface area (Å²) in [5.41, 5.74) is 5.73. The van der Waals surface area contributed by atoms with Gasteiger partial charge in [0, 0.05) is 18.9 Å². The molecule has 0 aliphatic heterocycles. The molecule has 3 rings (SSSR count). The van der Waals surface area contributed by atoms with Crippen molar-refractivity contribution >= 4 is 22.4 Å². The van der Waals surface area contributed by atoms with Gasteiger partial charge in [-0.25, -0.2) is 4.79 Å². The third-order valence-electron chi connectivity index (χ3n) is 4.24. The molecule has 1 fully saturated rings. The van der Waals surface area contributed by atoms with Gasteiger partial charge in [-0.3, -0.25) is 4.79 Å². The zero-order chi connectivity index (χ0) is 17.1. The quantitative estimate of drug-likeness (QED) is 0.773. The van der Waals surface area contributed by atoms with E-state index in [0.717, 1.165) is 24.3 Å². The number of anilines is 1. The molecule has 0 aromatic carbocycles. The number of aryl methyl sites for hydroxylation is 2. The Morgan fingerprint density at radius 3 is 2.83 bits per heavy atom. The Labute approximate surface area is 143 Å². The number of carbonyl (C=O) groups excluding carboxylic acids is 1. The van der Waals surface area contributed by atoms with Crippen molar-refractivity contribution in [3.63, 3.8) is 0 Å². The number of hydrogen-bond acceptors (Lipinski definition) is 7. The van der Waals surface area contributed by atoms with Crippen LogP contribution < -0.4 is 16.7 Å². The topological polar surface area (TPSA) is 111 Å². The van der Waals surface area contributed by atoms with Crippen LogP contribution in [0, 0.1) is 6.92 Å². The van der Waals surface area contributed by atoms with Crippen molar-refractivity contribution in [1.82, 2.24) is 15.5 Å². The average Bonchev–Trinajstić information content (AvgIpc) is 2.86. The third kappa shape index (κ3) is 3.64. The second-order valence-corrected chi connectivity index (χ2v) is 7.11. The molecule has 2 aromatic heterocycles. The lowest BCUT2D eigenvalue weighted by Gasteiger charge is -2.24. The largest absolute Gasteiger partial charge is 0.427 e. The van der Waals surface area contributed by atoms with E-state index in [1.807, 2.05) is 6.07 Å². The van der Waals surface area contributed by atoms with Crippen LogP contribution in [-0.2, 0) is 6.42 Å². The normalized spacial score (nSPS) is 14.4. The highest BCUT2D eigenvalue weighted by Gasteiger charge is 2.25. The molecule has 1 aliphatic carbocycles. The van der Waals surface area contributed by atoms with Crippen molar-refractivity contribution in [2.45, 2.75) is 44.9 Å². The van der Waals surface area contributed by atoms with E-state index >= 15 is 0 Å². The molecule has 128 valence electrons. The predicted molar refractivity (Wildman–Crippen MR) is 91.3 cm³/mol. The zero-order valence-electron chi connectivity index (χ0n) is 13.5. The van der Waals surface area contributed by atoms with E-state index in [1.54, 1.807) is 6.92 Å². The molecule has 0 radical (unpaired) electrons. The van der Waals surface area contributed by atoms with Crippen molar-refractivity contribution in [1.29, 1.82) is 0 Å². The van der Waals surface area contributed by atoms with Crippen molar-refractivity contribution in [2.24, 2.45) is 0 Å². The van der Waals surface area contributed by atoms with Crippen LogP contribution in [0.1, 0.15) is 58.3 Å². The molecule has 24 heavy (non-hydrogen) atoms. The van der Waals surface area contributed by atoms with E-state index < -0.39 is 11.5 Å². The van der Waals surface area contributed by atoms with Gasteiger partial charge in [-0.2, -0.15) is 0 Å². The molecule has 0 bridgehead atoms. The first kappa shape index (κ1) is 16.6. The van der Waals surface area contributed by atoms with Crippen LogP contribution in [0.25, 0.3) is 0 Å². The number of amides is 1. The first-order chi connectivity index (χ1) is 11.5. The summed E-state index contributed by atoms with van der Waals surface area (Å²) in [5, 5.41) is 11.7. The molecule has 3 N–H and O–H groups in total. The summed E-state index contributed by atoms with van der Waals surface area (Å²) in [5.74, 6) is 0.639. The number of aromatic nitrogens is 2. The van der Waals surface area contributed by atoms with Crippen molar-refractivity contribution in [3.05, 3.63) is 38.4 Å². The summed E-state index contributed by atoms with van der Waals surface area (Å²) in [6, 6.07) is 1.82. The van der Waals surface area contributed by atoms with E-state index in [4.69, 9.17) is 10.2 Å². The van der Waals surface area contributed by atoms with Gasteiger partial charge in [-0.15, -0.1) is 10.2 Å². The molecule has 2 heterocycles. The molecule has 2 aromatic rings. The lowest BCUT2D eigenvalue weighted by atomic mass is 9.83. The van der Waals surface area contributed by atoms with Gasteiger partial charge in [0.2, 0.25) is 5.13 Å². The van der Waals surface area contributed by atoms with Gasteiger partial charge >= 0.3 is 5.63 Å². The van der Waals surface area contributed by atoms with E-state index in [0.29, 0.717) is 41.8 Å². The minimum absolute atomic E-state index is 0.0956. The molecule has 1 aliphatic rings. The average molecular weight is 348 g/mol. The third-order valence-corrected chi connectivity index (χ3v) is 5.05. The Morgan fingerprint density at radius 1 is 1.46 bits per heavy atom. The van der Waals surface area contributed by atoms with Gasteiger partial charge in [0.05, 0.1) is 0 Å². The molecule has 7 nitrogen and oxygen atoms in total. The maximum atomic E-state index is 12.2. The summed E-state index contributed by atoms with van der Waals surface area (Å²) in [4.78, 5) is 24.4. The Hall–Kier alpha value is -2.22. The van der Waals surface area contributed by atoms with Crippen LogP contribution in [0.15, 0.2) is 15.3 Å². The Kier molecular flexibility index (Phi) is 4.94. The first-order valence-corrected chi connectivity index (χ1v) is 8.87. The summed E-state index contributed by atoms with van der Waals surface area (Å²) >= 11 is 1.34. The highest BCUT2D eigenvalue weighted by Crippen LogP contribution is 2.36. The molecule has 0 atom stereocenters. The fraction of sp³-hybridized carbons (Fsp3) is 0.500. The van der Waals surface area contributed by atoms with Crippen LogP contribution in [0.2, 0.25) is 0 Å². The van der Waals surface area contributed by atoms with E-state index in [9.17, 15) is 9.59 Å². The number of rotatable bonds is 6. The molecule has 1 amide bonds. The van der Waals surface area contributed by atoms with Gasteiger partial charge in [-0.05, 0) is 37.8 Å². The van der Waals surface area contributed by atoms with Crippen LogP contribution in [-0.4, -0.2) is 22.6 Å². The number of hydrogen-bond donors (Lipinski definition) is 2. The molecular weight excluding hydrogens is 328 g/mol. The second-order valence-electron chi connectivity index (χ2n) is 6.02. The van der Waals surface area contributed by atoms with Gasteiger partial charge in [0.15, 0.2) is 0 Å². The van der Waals surface area contributed by atoms with Crippen LogP contribution in [0.5, 0.6) is 0 Å². The lowest BCUT2D eigenvalue weighted by Crippen LogP contribution is -2.31. The van der Waals surface area contributed by atoms with Crippen LogP contribution >= 0.6 is 11.3 Å². The van der Waals surface area contributed by atoms with Gasteiger partial charge in [0.25, 0.3) is 5.91 Å². The molecule has 0 spiro atoms. The highest BCUT2D eigenvalue weighted by molar-refractivity contribution is 7.15. The van der Waals surface area contributed by atoms with E-state index in [1.165, 1.54) is 11.3 Å². The number of carbonyl (C=O) groups is 1. The van der Waals surface area contributed by atoms with Gasteiger partial charge in [0.1, 0.15) is 16.3 Å². The molecule has 0 unspecified atom stereocenters. The van der Waals surface area contributed by atoms with Gasteiger partial charge in [-0.1, -0.05) is 17.8 Å². The monoisotopic (exact) mass is 348 g/mol. The summed E-state index contributed by atoms with van der Waals surface area (Å²) in [6.07, 6.45) is 4.64. The Balaban J connectivity index is 1.57.